The van der Waals surface area contributed by atoms with Gasteiger partial charge in [0.1, 0.15) is 23.6 Å². The second-order valence-corrected chi connectivity index (χ2v) is 10.9. The smallest absolute Gasteiger partial charge is 0.328 e. The molecule has 1 aromatic carbocycles. The number of amides is 2. The number of allylic oxidation sites excluding steroid dienone is 6. The van der Waals surface area contributed by atoms with Gasteiger partial charge in [-0.15, -0.1) is 0 Å². The zero-order valence-corrected chi connectivity index (χ0v) is 26.4. The molecule has 5 N–H and O–H groups in total. The van der Waals surface area contributed by atoms with Gasteiger partial charge in [-0.2, -0.15) is 0 Å². The molecule has 0 radical (unpaired) electrons. The Balaban J connectivity index is 2.36. The van der Waals surface area contributed by atoms with E-state index in [1.54, 1.807) is 71.1 Å². The van der Waals surface area contributed by atoms with Gasteiger partial charge in [-0.05, 0) is 57.7 Å². The molecule has 1 aromatic rings. The highest BCUT2D eigenvalue weighted by Crippen LogP contribution is 2.34. The molecule has 5 atom stereocenters. The fraction of sp³-hybridized carbons (Fsp3) is 0.441. The Kier molecular flexibility index (Phi) is 14.6. The van der Waals surface area contributed by atoms with Crippen LogP contribution in [0.15, 0.2) is 71.9 Å². The van der Waals surface area contributed by atoms with Crippen molar-refractivity contribution in [1.29, 1.82) is 0 Å². The van der Waals surface area contributed by atoms with E-state index in [2.05, 4.69) is 10.6 Å². The van der Waals surface area contributed by atoms with E-state index in [9.17, 15) is 29.7 Å². The highest BCUT2D eigenvalue weighted by molar-refractivity contribution is 5.95. The van der Waals surface area contributed by atoms with E-state index in [1.165, 1.54) is 19.2 Å². The SMILES string of the molecule is C/C=C(\C)C(=O)N[C@H](C)C(=O)O[C@H]1C/C=C\C=C/C=C[C@H](OC)CC(=O)Nc2cc(O)cc(c2O)CC/C=C(/C)[C@H](O)[C@H]1C. The van der Waals surface area contributed by atoms with E-state index >= 15 is 0 Å². The molecule has 0 unspecified atom stereocenters. The van der Waals surface area contributed by atoms with Gasteiger partial charge in [0.15, 0.2) is 0 Å². The maximum absolute atomic E-state index is 13.0. The molecule has 0 saturated heterocycles. The summed E-state index contributed by atoms with van der Waals surface area (Å²) in [5, 5.41) is 37.5. The van der Waals surface area contributed by atoms with E-state index < -0.39 is 42.1 Å². The third kappa shape index (κ3) is 11.2. The second-order valence-electron chi connectivity index (χ2n) is 10.9. The van der Waals surface area contributed by atoms with Crippen LogP contribution in [0.4, 0.5) is 5.69 Å². The number of methoxy groups -OCH3 is 1. The lowest BCUT2D eigenvalue weighted by molar-refractivity contribution is -0.156. The average molecular weight is 611 g/mol. The Hall–Kier alpha value is -4.15. The third-order valence-corrected chi connectivity index (χ3v) is 7.49. The maximum Gasteiger partial charge on any atom is 0.328 e. The normalized spacial score (nSPS) is 25.8. The quantitative estimate of drug-likeness (QED) is 0.105. The molecule has 1 aliphatic heterocycles. The minimum Gasteiger partial charge on any atom is -0.508 e. The summed E-state index contributed by atoms with van der Waals surface area (Å²) in [7, 11) is 1.48. The highest BCUT2D eigenvalue weighted by Gasteiger charge is 2.30. The summed E-state index contributed by atoms with van der Waals surface area (Å²) in [5.41, 5.74) is 1.63. The summed E-state index contributed by atoms with van der Waals surface area (Å²) in [5.74, 6) is -2.15. The number of nitrogens with one attached hydrogen (secondary N) is 2. The number of aliphatic hydroxyl groups excluding tert-OH is 1. The van der Waals surface area contributed by atoms with Crippen molar-refractivity contribution in [1.82, 2.24) is 5.32 Å². The van der Waals surface area contributed by atoms with Crippen molar-refractivity contribution in [2.75, 3.05) is 12.4 Å². The standard InChI is InChI=1S/C34H46N2O8/c1-7-21(2)33(41)35-24(5)34(42)44-29-17-12-10-8-9-11-16-27(43-6)20-30(38)36-28-19-26(37)18-25(32(28)40)15-13-14-22(3)31(39)23(29)4/h7-12,14,16,18-19,23-24,27,29,31,37,39-40H,13,15,17,20H2,1-6H3,(H,35,41)(H,36,38)/b9-8-,12-10-,16-11?,21-7+,22-14-/t23-,24+,27-,29-,31-/m0/s1. The Labute approximate surface area is 259 Å². The zero-order valence-electron chi connectivity index (χ0n) is 26.4. The summed E-state index contributed by atoms with van der Waals surface area (Å²) in [6.45, 7) is 8.49. The Morgan fingerprint density at radius 2 is 1.86 bits per heavy atom. The molecule has 0 spiro atoms. The van der Waals surface area contributed by atoms with Crippen LogP contribution in [0.3, 0.4) is 0 Å². The van der Waals surface area contributed by atoms with Crippen LogP contribution in [0.1, 0.15) is 59.4 Å². The summed E-state index contributed by atoms with van der Waals surface area (Å²) in [6, 6.07) is 1.81. The topological polar surface area (TPSA) is 154 Å². The zero-order chi connectivity index (χ0) is 32.8. The van der Waals surface area contributed by atoms with E-state index in [-0.39, 0.29) is 29.5 Å². The first-order chi connectivity index (χ1) is 20.9. The van der Waals surface area contributed by atoms with Gasteiger partial charge < -0.3 is 35.4 Å². The van der Waals surface area contributed by atoms with Gasteiger partial charge in [-0.25, -0.2) is 4.79 Å². The molecule has 0 aliphatic carbocycles. The molecule has 10 nitrogen and oxygen atoms in total. The minimum atomic E-state index is -0.956. The van der Waals surface area contributed by atoms with Gasteiger partial charge >= 0.3 is 5.97 Å². The number of rotatable bonds is 5. The molecular formula is C34H46N2O8. The molecule has 1 heterocycles. The van der Waals surface area contributed by atoms with Gasteiger partial charge in [0.2, 0.25) is 11.8 Å². The molecule has 2 rings (SSSR count). The van der Waals surface area contributed by atoms with Crippen molar-refractivity contribution in [2.45, 2.75) is 84.7 Å². The summed E-state index contributed by atoms with van der Waals surface area (Å²) in [6.07, 6.45) is 12.9. The number of hydrogen-bond acceptors (Lipinski definition) is 8. The monoisotopic (exact) mass is 610 g/mol. The number of phenols is 2. The molecular weight excluding hydrogens is 564 g/mol. The molecule has 0 fully saturated rings. The molecule has 44 heavy (non-hydrogen) atoms. The van der Waals surface area contributed by atoms with Gasteiger partial charge in [-0.3, -0.25) is 9.59 Å². The Morgan fingerprint density at radius 1 is 1.16 bits per heavy atom. The fourth-order valence-corrected chi connectivity index (χ4v) is 4.50. The number of benzene rings is 1. The van der Waals surface area contributed by atoms with Gasteiger partial charge in [-0.1, -0.05) is 55.5 Å². The minimum absolute atomic E-state index is 0.0148. The Morgan fingerprint density at radius 3 is 2.55 bits per heavy atom. The first-order valence-electron chi connectivity index (χ1n) is 14.7. The largest absolute Gasteiger partial charge is 0.508 e. The van der Waals surface area contributed by atoms with Crippen molar-refractivity contribution in [2.24, 2.45) is 5.92 Å². The third-order valence-electron chi connectivity index (χ3n) is 7.49. The number of anilines is 1. The highest BCUT2D eigenvalue weighted by atomic mass is 16.5. The van der Waals surface area contributed by atoms with Crippen LogP contribution < -0.4 is 10.6 Å². The predicted octanol–water partition coefficient (Wildman–Crippen LogP) is 4.77. The van der Waals surface area contributed by atoms with Crippen LogP contribution in [0.25, 0.3) is 0 Å². The number of carbonyl (C=O) groups excluding carboxylic acids is 3. The number of esters is 1. The first kappa shape index (κ1) is 36.0. The summed E-state index contributed by atoms with van der Waals surface area (Å²) < 4.78 is 11.2. The van der Waals surface area contributed by atoms with Crippen LogP contribution in [0.5, 0.6) is 11.5 Å². The second kappa shape index (κ2) is 17.8. The predicted molar refractivity (Wildman–Crippen MR) is 170 cm³/mol. The van der Waals surface area contributed by atoms with Crippen LogP contribution in [-0.4, -0.2) is 64.6 Å². The number of fused-ring (bicyclic) bond motifs is 2. The number of phenolic OH excluding ortho intramolecular Hbond substituents is 2. The number of carbonyl (C=O) groups is 3. The number of hydrogen-bond donors (Lipinski definition) is 5. The molecule has 2 bridgehead atoms. The molecule has 0 aromatic heterocycles. The molecule has 1 aliphatic rings. The van der Waals surface area contributed by atoms with E-state index in [0.29, 0.717) is 36.0 Å². The molecule has 10 heteroatoms. The van der Waals surface area contributed by atoms with Crippen LogP contribution in [0.2, 0.25) is 0 Å². The molecule has 0 saturated carbocycles. The average Bonchev–Trinajstić information content (AvgIpc) is 2.99. The van der Waals surface area contributed by atoms with Crippen LogP contribution >= 0.6 is 0 Å². The van der Waals surface area contributed by atoms with Crippen molar-refractivity contribution >= 4 is 23.5 Å². The number of ether oxygens (including phenoxy) is 2. The van der Waals surface area contributed by atoms with Crippen LogP contribution in [0, 0.1) is 5.92 Å². The first-order valence-corrected chi connectivity index (χ1v) is 14.7. The summed E-state index contributed by atoms with van der Waals surface area (Å²) >= 11 is 0. The van der Waals surface area contributed by atoms with E-state index in [4.69, 9.17) is 9.47 Å². The lowest BCUT2D eigenvalue weighted by Crippen LogP contribution is -2.43. The lowest BCUT2D eigenvalue weighted by atomic mass is 9.90. The van der Waals surface area contributed by atoms with Crippen molar-refractivity contribution < 1.29 is 39.2 Å². The van der Waals surface area contributed by atoms with Gasteiger partial charge in [0.25, 0.3) is 0 Å². The molecule has 2 amide bonds. The van der Waals surface area contributed by atoms with Gasteiger partial charge in [0.05, 0.1) is 24.3 Å². The summed E-state index contributed by atoms with van der Waals surface area (Å²) in [4.78, 5) is 37.8. The van der Waals surface area contributed by atoms with Crippen molar-refractivity contribution in [3.05, 3.63) is 77.5 Å². The lowest BCUT2D eigenvalue weighted by Gasteiger charge is -2.29. The van der Waals surface area contributed by atoms with Crippen LogP contribution in [-0.2, 0) is 30.3 Å². The molecule has 240 valence electrons. The fourth-order valence-electron chi connectivity index (χ4n) is 4.50. The Bertz CT molecular complexity index is 1310. The van der Waals surface area contributed by atoms with Crippen molar-refractivity contribution in [3.8, 4) is 11.5 Å². The number of aliphatic hydroxyl groups is 1. The van der Waals surface area contributed by atoms with E-state index in [0.717, 1.165) is 0 Å². The van der Waals surface area contributed by atoms with Gasteiger partial charge in [0, 0.05) is 31.1 Å². The number of aryl methyl sites for hydroxylation is 1. The maximum atomic E-state index is 13.0. The van der Waals surface area contributed by atoms with E-state index in [1.807, 2.05) is 12.2 Å². The number of aromatic hydroxyl groups is 2. The van der Waals surface area contributed by atoms with Crippen molar-refractivity contribution in [3.63, 3.8) is 0 Å².